The van der Waals surface area contributed by atoms with Crippen molar-refractivity contribution in [2.75, 3.05) is 0 Å². The molecule has 0 radical (unpaired) electrons. The van der Waals surface area contributed by atoms with Crippen molar-refractivity contribution in [3.05, 3.63) is 11.4 Å². The Labute approximate surface area is 94.9 Å². The van der Waals surface area contributed by atoms with E-state index in [2.05, 4.69) is 10.3 Å². The lowest BCUT2D eigenvalue weighted by molar-refractivity contribution is 0.0372. The number of rotatable bonds is 4. The van der Waals surface area contributed by atoms with Crippen molar-refractivity contribution in [2.45, 2.75) is 31.5 Å². The van der Waals surface area contributed by atoms with E-state index in [1.165, 1.54) is 0 Å². The van der Waals surface area contributed by atoms with Gasteiger partial charge < -0.3 is 10.2 Å². The van der Waals surface area contributed by atoms with Crippen molar-refractivity contribution in [3.63, 3.8) is 0 Å². The number of nitrogens with zero attached hydrogens (tertiary/aromatic N) is 3. The van der Waals surface area contributed by atoms with Crippen molar-refractivity contribution < 1.29 is 24.2 Å². The molecule has 17 heavy (non-hydrogen) atoms. The van der Waals surface area contributed by atoms with E-state index in [-0.39, 0.29) is 6.54 Å². The predicted molar refractivity (Wildman–Crippen MR) is 51.6 cm³/mol. The van der Waals surface area contributed by atoms with E-state index in [0.29, 0.717) is 12.8 Å². The number of aromatic carboxylic acids is 2. The lowest BCUT2D eigenvalue weighted by Crippen LogP contribution is -2.37. The molecule has 8 heteroatoms. The Balaban J connectivity index is 2.34. The second kappa shape index (κ2) is 3.79. The van der Waals surface area contributed by atoms with Gasteiger partial charge in [0, 0.05) is 0 Å². The normalized spacial score (nSPS) is 17.5. The minimum absolute atomic E-state index is 0.269. The van der Waals surface area contributed by atoms with Crippen molar-refractivity contribution in [3.8, 4) is 0 Å². The highest BCUT2D eigenvalue weighted by Gasteiger charge is 2.39. The van der Waals surface area contributed by atoms with Gasteiger partial charge >= 0.3 is 11.9 Å². The largest absolute Gasteiger partial charge is 0.476 e. The maximum Gasteiger partial charge on any atom is 0.359 e. The molecular weight excluding hydrogens is 233 g/mol. The topological polar surface area (TPSA) is 105 Å². The van der Waals surface area contributed by atoms with Crippen LogP contribution in [0.25, 0.3) is 0 Å². The van der Waals surface area contributed by atoms with Gasteiger partial charge in [-0.1, -0.05) is 5.21 Å². The molecule has 1 fully saturated rings. The van der Waals surface area contributed by atoms with E-state index in [9.17, 15) is 14.0 Å². The standard InChI is InChI=1S/C9H10FN3O4/c10-9(2-1-3-9)4-13-6(8(16)17)5(7(14)15)11-12-13/h1-4H2,(H,14,15)(H,16,17). The van der Waals surface area contributed by atoms with Gasteiger partial charge in [-0.3, -0.25) is 0 Å². The van der Waals surface area contributed by atoms with Gasteiger partial charge in [0.15, 0.2) is 5.69 Å². The second-order valence-corrected chi connectivity index (χ2v) is 4.06. The molecule has 1 aliphatic carbocycles. The fourth-order valence-electron chi connectivity index (χ4n) is 1.77. The Kier molecular flexibility index (Phi) is 2.56. The molecule has 1 aromatic rings. The van der Waals surface area contributed by atoms with Crippen molar-refractivity contribution in [2.24, 2.45) is 0 Å². The number of hydrogen-bond donors (Lipinski definition) is 2. The molecule has 0 amide bonds. The molecule has 1 aliphatic rings. The minimum Gasteiger partial charge on any atom is -0.476 e. The number of carboxylic acid groups (broad SMARTS) is 2. The average molecular weight is 243 g/mol. The van der Waals surface area contributed by atoms with E-state index in [1.54, 1.807) is 0 Å². The van der Waals surface area contributed by atoms with Crippen LogP contribution in [0.2, 0.25) is 0 Å². The van der Waals surface area contributed by atoms with E-state index >= 15 is 0 Å². The number of hydrogen-bond acceptors (Lipinski definition) is 4. The van der Waals surface area contributed by atoms with E-state index in [1.807, 2.05) is 0 Å². The fourth-order valence-corrected chi connectivity index (χ4v) is 1.77. The minimum atomic E-state index is -1.49. The Morgan fingerprint density at radius 2 is 2.00 bits per heavy atom. The molecule has 2 rings (SSSR count). The third-order valence-corrected chi connectivity index (χ3v) is 2.82. The number of halogens is 1. The molecular formula is C9H10FN3O4. The predicted octanol–water partition coefficient (Wildman–Crippen LogP) is 0.567. The molecule has 0 bridgehead atoms. The summed E-state index contributed by atoms with van der Waals surface area (Å²) in [6, 6.07) is 0. The van der Waals surface area contributed by atoms with Crippen molar-refractivity contribution >= 4 is 11.9 Å². The van der Waals surface area contributed by atoms with Gasteiger partial charge in [-0.25, -0.2) is 18.7 Å². The van der Waals surface area contributed by atoms with Crippen LogP contribution in [0.15, 0.2) is 0 Å². The van der Waals surface area contributed by atoms with Crippen molar-refractivity contribution in [1.82, 2.24) is 15.0 Å². The fraction of sp³-hybridized carbons (Fsp3) is 0.556. The molecule has 7 nitrogen and oxygen atoms in total. The number of alkyl halides is 1. The first-order valence-corrected chi connectivity index (χ1v) is 5.02. The van der Waals surface area contributed by atoms with Crippen LogP contribution in [0.4, 0.5) is 4.39 Å². The van der Waals surface area contributed by atoms with Crippen LogP contribution in [0.5, 0.6) is 0 Å². The van der Waals surface area contributed by atoms with Gasteiger partial charge in [0.1, 0.15) is 5.67 Å². The molecule has 0 unspecified atom stereocenters. The van der Waals surface area contributed by atoms with Crippen LogP contribution in [0, 0.1) is 0 Å². The van der Waals surface area contributed by atoms with E-state index in [4.69, 9.17) is 10.2 Å². The number of carbonyl (C=O) groups is 2. The van der Waals surface area contributed by atoms with Gasteiger partial charge in [-0.15, -0.1) is 5.10 Å². The van der Waals surface area contributed by atoms with E-state index < -0.39 is 29.0 Å². The third kappa shape index (κ3) is 1.97. The van der Waals surface area contributed by atoms with Gasteiger partial charge in [0.25, 0.3) is 0 Å². The SMILES string of the molecule is O=C(O)c1nnn(CC2(F)CCC2)c1C(=O)O. The van der Waals surface area contributed by atoms with Crippen LogP contribution >= 0.6 is 0 Å². The first-order valence-electron chi connectivity index (χ1n) is 5.02. The van der Waals surface area contributed by atoms with Crippen LogP contribution in [0.3, 0.4) is 0 Å². The molecule has 1 heterocycles. The molecule has 2 N–H and O–H groups in total. The van der Waals surface area contributed by atoms with Crippen LogP contribution in [-0.2, 0) is 6.54 Å². The summed E-state index contributed by atoms with van der Waals surface area (Å²) in [6.45, 7) is -0.269. The van der Waals surface area contributed by atoms with Crippen LogP contribution in [-0.4, -0.2) is 42.8 Å². The molecule has 92 valence electrons. The maximum atomic E-state index is 13.8. The van der Waals surface area contributed by atoms with Gasteiger partial charge in [-0.05, 0) is 19.3 Å². The number of carboxylic acids is 2. The maximum absolute atomic E-state index is 13.8. The Morgan fingerprint density at radius 1 is 1.35 bits per heavy atom. The zero-order valence-corrected chi connectivity index (χ0v) is 8.76. The first-order chi connectivity index (χ1) is 7.93. The summed E-state index contributed by atoms with van der Waals surface area (Å²) >= 11 is 0. The summed E-state index contributed by atoms with van der Waals surface area (Å²) in [7, 11) is 0. The van der Waals surface area contributed by atoms with E-state index in [0.717, 1.165) is 11.1 Å². The Morgan fingerprint density at radius 3 is 2.41 bits per heavy atom. The highest BCUT2D eigenvalue weighted by Crippen LogP contribution is 2.37. The molecule has 0 aliphatic heterocycles. The molecule has 1 aromatic heterocycles. The summed E-state index contributed by atoms with van der Waals surface area (Å²) in [6.07, 6.45) is 1.39. The second-order valence-electron chi connectivity index (χ2n) is 4.06. The summed E-state index contributed by atoms with van der Waals surface area (Å²) in [5.74, 6) is -2.97. The summed E-state index contributed by atoms with van der Waals surface area (Å²) in [5, 5.41) is 24.2. The lowest BCUT2D eigenvalue weighted by Gasteiger charge is -2.33. The first kappa shape index (κ1) is 11.5. The molecule has 0 aromatic carbocycles. The lowest BCUT2D eigenvalue weighted by atomic mass is 9.82. The Hall–Kier alpha value is -1.99. The van der Waals surface area contributed by atoms with Crippen LogP contribution < -0.4 is 0 Å². The van der Waals surface area contributed by atoms with Crippen molar-refractivity contribution in [1.29, 1.82) is 0 Å². The Bertz CT molecular complexity index is 481. The summed E-state index contributed by atoms with van der Waals surface area (Å²) in [5.41, 5.74) is -2.74. The summed E-state index contributed by atoms with van der Waals surface area (Å²) < 4.78 is 14.6. The average Bonchev–Trinajstić information content (AvgIpc) is 2.59. The molecule has 0 atom stereocenters. The molecule has 0 saturated heterocycles. The molecule has 0 spiro atoms. The quantitative estimate of drug-likeness (QED) is 0.800. The third-order valence-electron chi connectivity index (χ3n) is 2.82. The smallest absolute Gasteiger partial charge is 0.359 e. The number of aromatic nitrogens is 3. The summed E-state index contributed by atoms with van der Waals surface area (Å²) in [4.78, 5) is 21.6. The van der Waals surface area contributed by atoms with Gasteiger partial charge in [0.05, 0.1) is 6.54 Å². The zero-order valence-electron chi connectivity index (χ0n) is 8.76. The zero-order chi connectivity index (χ0) is 12.6. The van der Waals surface area contributed by atoms with Gasteiger partial charge in [0.2, 0.25) is 5.69 Å². The van der Waals surface area contributed by atoms with Crippen LogP contribution in [0.1, 0.15) is 40.2 Å². The monoisotopic (exact) mass is 243 g/mol. The highest BCUT2D eigenvalue weighted by atomic mass is 19.1. The van der Waals surface area contributed by atoms with Gasteiger partial charge in [-0.2, -0.15) is 0 Å². The molecule has 1 saturated carbocycles. The highest BCUT2D eigenvalue weighted by molar-refractivity contribution is 5.98.